The van der Waals surface area contributed by atoms with Crippen molar-refractivity contribution in [2.24, 2.45) is 11.5 Å². The molecule has 0 radical (unpaired) electrons. The van der Waals surface area contributed by atoms with Gasteiger partial charge in [-0.05, 0) is 18.2 Å². The largest absolute Gasteiger partial charge is 0.504 e. The summed E-state index contributed by atoms with van der Waals surface area (Å²) in [5.41, 5.74) is 10.5. The first-order valence-corrected chi connectivity index (χ1v) is 4.09. The SMILES string of the molecule is N=C(N)c1ccc(O)c(OCC(N)=O)c1. The maximum absolute atomic E-state index is 10.5. The molecule has 1 rings (SSSR count). The molecule has 15 heavy (non-hydrogen) atoms. The van der Waals surface area contributed by atoms with Crippen LogP contribution in [-0.4, -0.2) is 23.5 Å². The number of primary amides is 1. The second-order valence-corrected chi connectivity index (χ2v) is 2.85. The molecule has 0 saturated heterocycles. The monoisotopic (exact) mass is 209 g/mol. The number of amidine groups is 1. The third-order valence-corrected chi connectivity index (χ3v) is 1.64. The van der Waals surface area contributed by atoms with Gasteiger partial charge in [-0.15, -0.1) is 0 Å². The van der Waals surface area contributed by atoms with Crippen molar-refractivity contribution in [3.63, 3.8) is 0 Å². The number of nitrogen functional groups attached to an aromatic ring is 1. The van der Waals surface area contributed by atoms with E-state index in [4.69, 9.17) is 21.6 Å². The van der Waals surface area contributed by atoms with Crippen molar-refractivity contribution in [1.82, 2.24) is 0 Å². The van der Waals surface area contributed by atoms with Crippen molar-refractivity contribution >= 4 is 11.7 Å². The van der Waals surface area contributed by atoms with Crippen LogP contribution in [-0.2, 0) is 4.79 Å². The Morgan fingerprint density at radius 3 is 2.67 bits per heavy atom. The van der Waals surface area contributed by atoms with Gasteiger partial charge in [0.25, 0.3) is 5.91 Å². The lowest BCUT2D eigenvalue weighted by Gasteiger charge is -2.07. The van der Waals surface area contributed by atoms with Gasteiger partial charge in [0, 0.05) is 5.56 Å². The van der Waals surface area contributed by atoms with Gasteiger partial charge in [-0.2, -0.15) is 0 Å². The molecule has 1 aromatic rings. The van der Waals surface area contributed by atoms with Crippen LogP contribution < -0.4 is 16.2 Å². The minimum atomic E-state index is -0.650. The van der Waals surface area contributed by atoms with Gasteiger partial charge in [0.2, 0.25) is 0 Å². The quantitative estimate of drug-likeness (QED) is 0.395. The van der Waals surface area contributed by atoms with Crippen molar-refractivity contribution in [2.45, 2.75) is 0 Å². The van der Waals surface area contributed by atoms with Crippen LogP contribution in [0, 0.1) is 5.41 Å². The van der Waals surface area contributed by atoms with Crippen molar-refractivity contribution in [3.8, 4) is 11.5 Å². The van der Waals surface area contributed by atoms with Crippen molar-refractivity contribution in [3.05, 3.63) is 23.8 Å². The Balaban J connectivity index is 2.90. The van der Waals surface area contributed by atoms with E-state index in [1.54, 1.807) is 0 Å². The smallest absolute Gasteiger partial charge is 0.255 e. The first-order valence-electron chi connectivity index (χ1n) is 4.09. The summed E-state index contributed by atoms with van der Waals surface area (Å²) in [4.78, 5) is 10.5. The average Bonchev–Trinajstić information content (AvgIpc) is 2.16. The Bertz CT molecular complexity index is 404. The second-order valence-electron chi connectivity index (χ2n) is 2.85. The van der Waals surface area contributed by atoms with Gasteiger partial charge in [0.15, 0.2) is 18.1 Å². The van der Waals surface area contributed by atoms with Crippen LogP contribution in [0.1, 0.15) is 5.56 Å². The highest BCUT2D eigenvalue weighted by Gasteiger charge is 2.06. The highest BCUT2D eigenvalue weighted by Crippen LogP contribution is 2.26. The summed E-state index contributed by atoms with van der Waals surface area (Å²) < 4.78 is 4.91. The lowest BCUT2D eigenvalue weighted by Crippen LogP contribution is -2.20. The van der Waals surface area contributed by atoms with Crippen molar-refractivity contribution < 1.29 is 14.6 Å². The summed E-state index contributed by atoms with van der Waals surface area (Å²) in [6.45, 7) is -0.338. The minimum Gasteiger partial charge on any atom is -0.504 e. The zero-order valence-electron chi connectivity index (χ0n) is 7.86. The number of nitrogens with two attached hydrogens (primary N) is 2. The molecule has 0 unspecified atom stereocenters. The molecule has 0 heterocycles. The number of carbonyl (C=O) groups excluding carboxylic acids is 1. The molecule has 0 aliphatic rings. The van der Waals surface area contributed by atoms with Gasteiger partial charge >= 0.3 is 0 Å². The molecule has 0 aliphatic heterocycles. The molecule has 0 saturated carbocycles. The molecule has 0 aliphatic carbocycles. The fraction of sp³-hybridized carbons (Fsp3) is 0.111. The predicted octanol–water partition coefficient (Wildman–Crippen LogP) is -0.460. The van der Waals surface area contributed by atoms with E-state index in [1.165, 1.54) is 18.2 Å². The normalized spacial score (nSPS) is 9.60. The number of hydrogen-bond acceptors (Lipinski definition) is 4. The molecular weight excluding hydrogens is 198 g/mol. The summed E-state index contributed by atoms with van der Waals surface area (Å²) in [6, 6.07) is 4.16. The number of rotatable bonds is 4. The summed E-state index contributed by atoms with van der Waals surface area (Å²) in [5, 5.41) is 16.5. The van der Waals surface area contributed by atoms with Gasteiger partial charge < -0.3 is 21.3 Å². The fourth-order valence-corrected chi connectivity index (χ4v) is 0.946. The number of benzene rings is 1. The van der Waals surface area contributed by atoms with Gasteiger partial charge in [0.1, 0.15) is 5.84 Å². The van der Waals surface area contributed by atoms with Crippen LogP contribution in [0.25, 0.3) is 0 Å². The van der Waals surface area contributed by atoms with Gasteiger partial charge in [-0.25, -0.2) is 0 Å². The van der Waals surface area contributed by atoms with Crippen LogP contribution in [0.15, 0.2) is 18.2 Å². The number of amides is 1. The second kappa shape index (κ2) is 4.32. The lowest BCUT2D eigenvalue weighted by atomic mass is 10.2. The molecule has 0 fully saturated rings. The minimum absolute atomic E-state index is 0.0708. The van der Waals surface area contributed by atoms with E-state index in [0.717, 1.165) is 0 Å². The Morgan fingerprint density at radius 1 is 1.47 bits per heavy atom. The van der Waals surface area contributed by atoms with E-state index >= 15 is 0 Å². The summed E-state index contributed by atoms with van der Waals surface area (Å²) in [6.07, 6.45) is 0. The number of hydrogen-bond donors (Lipinski definition) is 4. The van der Waals surface area contributed by atoms with Gasteiger partial charge in [0.05, 0.1) is 0 Å². The maximum atomic E-state index is 10.5. The number of nitrogens with one attached hydrogen (secondary N) is 1. The molecular formula is C9H11N3O3. The predicted molar refractivity (Wildman–Crippen MR) is 53.8 cm³/mol. The molecule has 0 bridgehead atoms. The molecule has 0 aromatic heterocycles. The highest BCUT2D eigenvalue weighted by atomic mass is 16.5. The standard InChI is InChI=1S/C9H11N3O3/c10-8(14)4-15-7-3-5(9(11)12)1-2-6(7)13/h1-3,13H,4H2,(H2,10,14)(H3,11,12). The lowest BCUT2D eigenvalue weighted by molar-refractivity contribution is -0.119. The molecule has 1 aromatic carbocycles. The number of phenols is 1. The van der Waals surface area contributed by atoms with E-state index in [9.17, 15) is 9.90 Å². The molecule has 1 amide bonds. The molecule has 0 spiro atoms. The molecule has 6 N–H and O–H groups in total. The Labute approximate surface area is 86.0 Å². The number of ether oxygens (including phenoxy) is 1. The van der Waals surface area contributed by atoms with Crippen LogP contribution in [0.4, 0.5) is 0 Å². The van der Waals surface area contributed by atoms with Crippen molar-refractivity contribution in [1.29, 1.82) is 5.41 Å². The van der Waals surface area contributed by atoms with Crippen molar-refractivity contribution in [2.75, 3.05) is 6.61 Å². The highest BCUT2D eigenvalue weighted by molar-refractivity contribution is 5.95. The zero-order chi connectivity index (χ0) is 11.4. The van der Waals surface area contributed by atoms with E-state index < -0.39 is 5.91 Å². The number of aromatic hydroxyl groups is 1. The molecule has 80 valence electrons. The van der Waals surface area contributed by atoms with E-state index in [2.05, 4.69) is 0 Å². The topological polar surface area (TPSA) is 122 Å². The summed E-state index contributed by atoms with van der Waals surface area (Å²) in [5.74, 6) is -0.871. The van der Waals surface area contributed by atoms with Gasteiger partial charge in [-0.3, -0.25) is 10.2 Å². The molecule has 0 atom stereocenters. The maximum Gasteiger partial charge on any atom is 0.255 e. The fourth-order valence-electron chi connectivity index (χ4n) is 0.946. The Morgan fingerprint density at radius 2 is 2.13 bits per heavy atom. The first-order chi connectivity index (χ1) is 7.00. The van der Waals surface area contributed by atoms with E-state index in [-0.39, 0.29) is 23.9 Å². The van der Waals surface area contributed by atoms with Crippen LogP contribution >= 0.6 is 0 Å². The first kappa shape index (κ1) is 10.8. The summed E-state index contributed by atoms with van der Waals surface area (Å²) in [7, 11) is 0. The average molecular weight is 209 g/mol. The summed E-state index contributed by atoms with van der Waals surface area (Å²) >= 11 is 0. The van der Waals surface area contributed by atoms with E-state index in [1.807, 2.05) is 0 Å². The Kier molecular flexibility index (Phi) is 3.12. The third-order valence-electron chi connectivity index (χ3n) is 1.64. The number of phenolic OH excluding ortho intramolecular Hbond substituents is 1. The zero-order valence-corrected chi connectivity index (χ0v) is 7.86. The van der Waals surface area contributed by atoms with Crippen LogP contribution in [0.2, 0.25) is 0 Å². The van der Waals surface area contributed by atoms with Gasteiger partial charge in [-0.1, -0.05) is 0 Å². The van der Waals surface area contributed by atoms with Crippen LogP contribution in [0.3, 0.4) is 0 Å². The van der Waals surface area contributed by atoms with Crippen LogP contribution in [0.5, 0.6) is 11.5 Å². The third kappa shape index (κ3) is 2.87. The molecule has 6 nitrogen and oxygen atoms in total. The number of carbonyl (C=O) groups is 1. The van der Waals surface area contributed by atoms with E-state index in [0.29, 0.717) is 5.56 Å². The molecule has 6 heteroatoms. The Hall–Kier alpha value is -2.24.